The van der Waals surface area contributed by atoms with E-state index in [2.05, 4.69) is 21.3 Å². The average molecular weight is 233 g/mol. The van der Waals surface area contributed by atoms with Crippen molar-refractivity contribution in [2.45, 2.75) is 32.7 Å². The van der Waals surface area contributed by atoms with Gasteiger partial charge in [0.15, 0.2) is 0 Å². The van der Waals surface area contributed by atoms with E-state index in [4.69, 9.17) is 0 Å². The van der Waals surface area contributed by atoms with E-state index in [1.807, 2.05) is 26.1 Å². The zero-order valence-electron chi connectivity index (χ0n) is 10.4. The van der Waals surface area contributed by atoms with Crippen molar-refractivity contribution in [1.29, 1.82) is 0 Å². The second kappa shape index (κ2) is 5.17. The van der Waals surface area contributed by atoms with Gasteiger partial charge in [0, 0.05) is 31.7 Å². The van der Waals surface area contributed by atoms with Crippen LogP contribution >= 0.6 is 0 Å². The molecule has 1 atom stereocenters. The first-order chi connectivity index (χ1) is 8.19. The van der Waals surface area contributed by atoms with Crippen molar-refractivity contribution < 1.29 is 4.79 Å². The van der Waals surface area contributed by atoms with E-state index in [0.29, 0.717) is 6.42 Å². The van der Waals surface area contributed by atoms with E-state index in [9.17, 15) is 4.79 Å². The summed E-state index contributed by atoms with van der Waals surface area (Å²) in [5.74, 6) is 1.14. The number of carbonyl (C=O) groups excluding carboxylic acids is 1. The largest absolute Gasteiger partial charge is 0.354 e. The summed E-state index contributed by atoms with van der Waals surface area (Å²) in [5.41, 5.74) is 1.17. The number of nitrogens with one attached hydrogen (secondary N) is 1. The monoisotopic (exact) mass is 233 g/mol. The maximum atomic E-state index is 11.3. The molecule has 1 aliphatic rings. The minimum atomic E-state index is 0.133. The molecule has 0 bridgehead atoms. The molecule has 0 aromatic carbocycles. The first-order valence-electron chi connectivity index (χ1n) is 6.16. The lowest BCUT2D eigenvalue weighted by atomic mass is 10.2. The van der Waals surface area contributed by atoms with Crippen molar-refractivity contribution in [2.75, 3.05) is 18.0 Å². The van der Waals surface area contributed by atoms with Crippen LogP contribution in [-0.2, 0) is 4.79 Å². The molecular weight excluding hydrogens is 214 g/mol. The predicted octanol–water partition coefficient (Wildman–Crippen LogP) is 1.49. The van der Waals surface area contributed by atoms with Crippen LogP contribution in [0.25, 0.3) is 0 Å². The Bertz CT molecular complexity index is 388. The lowest BCUT2D eigenvalue weighted by Gasteiger charge is -2.17. The molecule has 1 saturated heterocycles. The van der Waals surface area contributed by atoms with Crippen LogP contribution in [0.3, 0.4) is 0 Å². The minimum absolute atomic E-state index is 0.133. The van der Waals surface area contributed by atoms with E-state index in [-0.39, 0.29) is 11.9 Å². The average Bonchev–Trinajstić information content (AvgIpc) is 2.78. The van der Waals surface area contributed by atoms with E-state index in [1.165, 1.54) is 5.56 Å². The van der Waals surface area contributed by atoms with Gasteiger partial charge in [-0.25, -0.2) is 4.98 Å². The smallest absolute Gasteiger partial charge is 0.219 e. The molecule has 1 amide bonds. The fourth-order valence-corrected chi connectivity index (χ4v) is 2.06. The summed E-state index contributed by atoms with van der Waals surface area (Å²) in [4.78, 5) is 17.9. The predicted molar refractivity (Wildman–Crippen MR) is 68.0 cm³/mol. The van der Waals surface area contributed by atoms with Gasteiger partial charge in [0.25, 0.3) is 0 Å². The van der Waals surface area contributed by atoms with Gasteiger partial charge in [0.2, 0.25) is 5.91 Å². The summed E-state index contributed by atoms with van der Waals surface area (Å²) in [5, 5.41) is 3.03. The van der Waals surface area contributed by atoms with E-state index >= 15 is 0 Å². The Morgan fingerprint density at radius 1 is 1.59 bits per heavy atom. The quantitative estimate of drug-likeness (QED) is 0.860. The summed E-state index contributed by atoms with van der Waals surface area (Å²) >= 11 is 0. The molecule has 1 N–H and O–H groups in total. The van der Waals surface area contributed by atoms with Crippen LogP contribution in [0, 0.1) is 6.92 Å². The summed E-state index contributed by atoms with van der Waals surface area (Å²) in [6, 6.07) is 4.38. The van der Waals surface area contributed by atoms with E-state index in [0.717, 1.165) is 25.3 Å². The fraction of sp³-hybridized carbons (Fsp3) is 0.538. The molecule has 2 rings (SSSR count). The van der Waals surface area contributed by atoms with Crippen LogP contribution < -0.4 is 10.2 Å². The Morgan fingerprint density at radius 2 is 2.41 bits per heavy atom. The van der Waals surface area contributed by atoms with E-state index < -0.39 is 0 Å². The number of aromatic nitrogens is 1. The van der Waals surface area contributed by atoms with Crippen LogP contribution in [0.5, 0.6) is 0 Å². The summed E-state index contributed by atoms with van der Waals surface area (Å²) < 4.78 is 0. The number of pyridine rings is 1. The maximum absolute atomic E-state index is 11.3. The molecule has 4 nitrogen and oxygen atoms in total. The molecule has 0 saturated carbocycles. The SMILES string of the molecule is CCC(=O)N[C@@H]1CCN(c2ccc(C)cn2)C1. The normalized spacial score (nSPS) is 19.4. The van der Waals surface area contributed by atoms with Gasteiger partial charge in [-0.15, -0.1) is 0 Å². The summed E-state index contributed by atoms with van der Waals surface area (Å²) in [6.07, 6.45) is 3.44. The highest BCUT2D eigenvalue weighted by atomic mass is 16.1. The topological polar surface area (TPSA) is 45.2 Å². The second-order valence-corrected chi connectivity index (χ2v) is 4.55. The molecule has 0 radical (unpaired) electrons. The van der Waals surface area contributed by atoms with Crippen molar-refractivity contribution >= 4 is 11.7 Å². The molecule has 92 valence electrons. The van der Waals surface area contributed by atoms with Gasteiger partial charge in [0.1, 0.15) is 5.82 Å². The van der Waals surface area contributed by atoms with Gasteiger partial charge in [-0.2, -0.15) is 0 Å². The summed E-state index contributed by atoms with van der Waals surface area (Å²) in [7, 11) is 0. The molecule has 1 aromatic heterocycles. The Kier molecular flexibility index (Phi) is 3.61. The van der Waals surface area contributed by atoms with Gasteiger partial charge in [0.05, 0.1) is 0 Å². The van der Waals surface area contributed by atoms with Crippen molar-refractivity contribution in [3.05, 3.63) is 23.9 Å². The number of rotatable bonds is 3. The Hall–Kier alpha value is -1.58. The molecular formula is C13H19N3O. The molecule has 4 heteroatoms. The van der Waals surface area contributed by atoms with Crippen LogP contribution in [0.15, 0.2) is 18.3 Å². The highest BCUT2D eigenvalue weighted by molar-refractivity contribution is 5.76. The number of amides is 1. The minimum Gasteiger partial charge on any atom is -0.354 e. The zero-order valence-corrected chi connectivity index (χ0v) is 10.4. The molecule has 0 unspecified atom stereocenters. The number of hydrogen-bond donors (Lipinski definition) is 1. The molecule has 0 spiro atoms. The van der Waals surface area contributed by atoms with Crippen molar-refractivity contribution in [3.8, 4) is 0 Å². The standard InChI is InChI=1S/C13H19N3O/c1-3-13(17)15-11-6-7-16(9-11)12-5-4-10(2)8-14-12/h4-5,8,11H,3,6-7,9H2,1-2H3,(H,15,17)/t11-/m1/s1. The number of carbonyl (C=O) groups is 1. The molecule has 1 aromatic rings. The lowest BCUT2D eigenvalue weighted by molar-refractivity contribution is -0.121. The number of nitrogens with zero attached hydrogens (tertiary/aromatic N) is 2. The first kappa shape index (κ1) is 11.9. The highest BCUT2D eigenvalue weighted by Crippen LogP contribution is 2.18. The maximum Gasteiger partial charge on any atom is 0.219 e. The van der Waals surface area contributed by atoms with Crippen LogP contribution in [-0.4, -0.2) is 30.0 Å². The van der Waals surface area contributed by atoms with Gasteiger partial charge in [-0.3, -0.25) is 4.79 Å². The van der Waals surface area contributed by atoms with E-state index in [1.54, 1.807) is 0 Å². The van der Waals surface area contributed by atoms with Crippen LogP contribution in [0.1, 0.15) is 25.3 Å². The number of hydrogen-bond acceptors (Lipinski definition) is 3. The second-order valence-electron chi connectivity index (χ2n) is 4.55. The van der Waals surface area contributed by atoms with Gasteiger partial charge in [-0.1, -0.05) is 13.0 Å². The van der Waals surface area contributed by atoms with Gasteiger partial charge >= 0.3 is 0 Å². The molecule has 1 fully saturated rings. The van der Waals surface area contributed by atoms with Gasteiger partial charge < -0.3 is 10.2 Å². The van der Waals surface area contributed by atoms with Crippen LogP contribution in [0.2, 0.25) is 0 Å². The van der Waals surface area contributed by atoms with Crippen molar-refractivity contribution in [2.24, 2.45) is 0 Å². The molecule has 1 aliphatic heterocycles. The third-order valence-electron chi connectivity index (χ3n) is 3.09. The fourth-order valence-electron chi connectivity index (χ4n) is 2.06. The molecule has 17 heavy (non-hydrogen) atoms. The van der Waals surface area contributed by atoms with Crippen LogP contribution in [0.4, 0.5) is 5.82 Å². The highest BCUT2D eigenvalue weighted by Gasteiger charge is 2.24. The lowest BCUT2D eigenvalue weighted by Crippen LogP contribution is -2.36. The van der Waals surface area contributed by atoms with Gasteiger partial charge in [-0.05, 0) is 25.0 Å². The number of aryl methyl sites for hydroxylation is 1. The van der Waals surface area contributed by atoms with Crippen molar-refractivity contribution in [1.82, 2.24) is 10.3 Å². The summed E-state index contributed by atoms with van der Waals surface area (Å²) in [6.45, 7) is 5.74. The Labute approximate surface area is 102 Å². The molecule has 2 heterocycles. The van der Waals surface area contributed by atoms with Crippen molar-refractivity contribution in [3.63, 3.8) is 0 Å². The molecule has 0 aliphatic carbocycles. The Balaban J connectivity index is 1.93. The Morgan fingerprint density at radius 3 is 3.06 bits per heavy atom. The first-order valence-corrected chi connectivity index (χ1v) is 6.16. The number of anilines is 1. The third-order valence-corrected chi connectivity index (χ3v) is 3.09. The zero-order chi connectivity index (χ0) is 12.3. The third kappa shape index (κ3) is 2.96.